The van der Waals surface area contributed by atoms with E-state index in [9.17, 15) is 13.9 Å². The Hall–Kier alpha value is -1.11. The Balaban J connectivity index is 2.76. The van der Waals surface area contributed by atoms with Gasteiger partial charge in [0.1, 0.15) is 0 Å². The molecule has 0 aliphatic carbocycles. The second kappa shape index (κ2) is 5.69. The van der Waals surface area contributed by atoms with Crippen molar-refractivity contribution in [3.63, 3.8) is 0 Å². The average molecular weight is 244 g/mol. The zero-order valence-electron chi connectivity index (χ0n) is 7.77. The lowest BCUT2D eigenvalue weighted by atomic mass is 10.1. The van der Waals surface area contributed by atoms with E-state index in [0.29, 0.717) is 6.42 Å². The molecule has 0 saturated heterocycles. The zero-order chi connectivity index (χ0) is 11.3. The van der Waals surface area contributed by atoms with Crippen molar-refractivity contribution >= 4 is 22.9 Å². The van der Waals surface area contributed by atoms with Crippen LogP contribution < -0.4 is 0 Å². The molecule has 2 unspecified atom stereocenters. The van der Waals surface area contributed by atoms with E-state index in [0.717, 1.165) is 5.56 Å². The second-order valence-electron chi connectivity index (χ2n) is 2.99. The number of carboxylic acids is 1. The molecule has 0 amide bonds. The fourth-order valence-electron chi connectivity index (χ4n) is 1.13. The van der Waals surface area contributed by atoms with Crippen molar-refractivity contribution in [2.24, 2.45) is 0 Å². The van der Waals surface area contributed by atoms with Crippen molar-refractivity contribution in [3.05, 3.63) is 35.4 Å². The van der Waals surface area contributed by atoms with Gasteiger partial charge in [-0.05, 0) is 17.7 Å². The summed E-state index contributed by atoms with van der Waals surface area (Å²) in [5, 5.41) is 8.31. The van der Waals surface area contributed by atoms with Gasteiger partial charge in [-0.1, -0.05) is 21.3 Å². The van der Waals surface area contributed by atoms with Crippen LogP contribution in [0.4, 0.5) is 0 Å². The quantitative estimate of drug-likeness (QED) is 0.806. The van der Waals surface area contributed by atoms with Gasteiger partial charge in [0, 0.05) is 0 Å². The number of hydrogen-bond donors (Lipinski definition) is 1. The first-order valence-electron chi connectivity index (χ1n) is 4.25. The molecule has 1 rings (SSSR count). The fraction of sp³-hybridized carbons (Fsp3) is 0.222. The molecule has 0 radical (unpaired) electrons. The van der Waals surface area contributed by atoms with Crippen LogP contribution in [0.1, 0.15) is 15.9 Å². The molecule has 0 saturated carbocycles. The number of rotatable bonds is 5. The highest BCUT2D eigenvalue weighted by atomic mass is 31.1. The first kappa shape index (κ1) is 12.0. The van der Waals surface area contributed by atoms with Gasteiger partial charge in [-0.3, -0.25) is 0 Å². The zero-order valence-corrected chi connectivity index (χ0v) is 9.77. The molecule has 0 spiro atoms. The third-order valence-corrected chi connectivity index (χ3v) is 3.61. The lowest BCUT2D eigenvalue weighted by Gasteiger charge is -1.97. The molecular weight excluding hydrogens is 234 g/mol. The Labute approximate surface area is 89.7 Å². The molecule has 0 bridgehead atoms. The topological polar surface area (TPSA) is 71.4 Å². The van der Waals surface area contributed by atoms with Gasteiger partial charge in [-0.15, -0.1) is 0 Å². The summed E-state index contributed by atoms with van der Waals surface area (Å²) in [4.78, 5) is 10.5. The van der Waals surface area contributed by atoms with Crippen LogP contribution in [0, 0.1) is 0 Å². The summed E-state index contributed by atoms with van der Waals surface area (Å²) in [6, 6.07) is 6.26. The Morgan fingerprint density at radius 1 is 1.20 bits per heavy atom. The van der Waals surface area contributed by atoms with Gasteiger partial charge in [-0.2, -0.15) is 0 Å². The number of carboxylic acid groups (broad SMARTS) is 1. The van der Waals surface area contributed by atoms with Gasteiger partial charge in [-0.25, -0.2) is 4.79 Å². The number of hydrogen-bond acceptors (Lipinski definition) is 3. The molecule has 4 nitrogen and oxygen atoms in total. The van der Waals surface area contributed by atoms with E-state index < -0.39 is 22.9 Å². The Morgan fingerprint density at radius 3 is 2.13 bits per heavy atom. The van der Waals surface area contributed by atoms with E-state index in [1.54, 1.807) is 12.1 Å². The summed E-state index contributed by atoms with van der Waals surface area (Å²) < 4.78 is 21.2. The highest BCUT2D eigenvalue weighted by Gasteiger charge is 2.23. The van der Waals surface area contributed by atoms with Gasteiger partial charge in [0.25, 0.3) is 0 Å². The Kier molecular flexibility index (Phi) is 4.54. The van der Waals surface area contributed by atoms with Crippen LogP contribution in [0.5, 0.6) is 0 Å². The predicted octanol–water partition coefficient (Wildman–Crippen LogP) is 2.30. The summed E-state index contributed by atoms with van der Waals surface area (Å²) in [7, 11) is -1.20. The fourth-order valence-corrected chi connectivity index (χ4v) is 1.96. The molecular formula is C9H10O4P2+2. The van der Waals surface area contributed by atoms with Crippen molar-refractivity contribution in [2.75, 3.05) is 0 Å². The van der Waals surface area contributed by atoms with Crippen LogP contribution in [0.25, 0.3) is 0 Å². The van der Waals surface area contributed by atoms with Crippen molar-refractivity contribution in [2.45, 2.75) is 11.8 Å². The van der Waals surface area contributed by atoms with Crippen LogP contribution in [0.3, 0.4) is 0 Å². The van der Waals surface area contributed by atoms with Crippen LogP contribution in [-0.2, 0) is 15.6 Å². The summed E-state index contributed by atoms with van der Waals surface area (Å²) in [6.07, 6.45) is 0.448. The minimum absolute atomic E-state index is 0.212. The third-order valence-electron chi connectivity index (χ3n) is 1.93. The van der Waals surface area contributed by atoms with Crippen molar-refractivity contribution in [1.82, 2.24) is 0 Å². The normalized spacial score (nSPS) is 12.8. The molecule has 2 atom stereocenters. The van der Waals surface area contributed by atoms with Crippen molar-refractivity contribution < 1.29 is 19.0 Å². The molecule has 0 fully saturated rings. The maximum Gasteiger partial charge on any atom is 0.379 e. The lowest BCUT2D eigenvalue weighted by Crippen LogP contribution is -1.98. The molecule has 78 valence electrons. The summed E-state index contributed by atoms with van der Waals surface area (Å²) in [5.41, 5.74) is 1.06. The Bertz CT molecular complexity index is 366. The van der Waals surface area contributed by atoms with E-state index >= 15 is 0 Å². The molecule has 0 aromatic heterocycles. The largest absolute Gasteiger partial charge is 0.478 e. The SMILES string of the molecule is O=[PH+]C(Cc1ccc(C(=O)O)cc1)[PH+]=O. The maximum atomic E-state index is 10.6. The minimum Gasteiger partial charge on any atom is -0.478 e. The van der Waals surface area contributed by atoms with E-state index in [4.69, 9.17) is 5.11 Å². The van der Waals surface area contributed by atoms with Crippen molar-refractivity contribution in [1.29, 1.82) is 0 Å². The molecule has 0 aliphatic heterocycles. The van der Waals surface area contributed by atoms with E-state index in [1.807, 2.05) is 0 Å². The Morgan fingerprint density at radius 2 is 1.73 bits per heavy atom. The number of aromatic carboxylic acids is 1. The van der Waals surface area contributed by atoms with Crippen molar-refractivity contribution in [3.8, 4) is 0 Å². The lowest BCUT2D eigenvalue weighted by molar-refractivity contribution is 0.0697. The third kappa shape index (κ3) is 3.50. The van der Waals surface area contributed by atoms with Crippen LogP contribution in [-0.4, -0.2) is 16.5 Å². The highest BCUT2D eigenvalue weighted by Crippen LogP contribution is 2.23. The smallest absolute Gasteiger partial charge is 0.379 e. The first-order chi connectivity index (χ1) is 7.17. The predicted molar refractivity (Wildman–Crippen MR) is 58.9 cm³/mol. The molecule has 6 heteroatoms. The molecule has 0 aliphatic rings. The van der Waals surface area contributed by atoms with Gasteiger partial charge in [0.05, 0.1) is 12.0 Å². The maximum absolute atomic E-state index is 10.6. The molecule has 1 aromatic carbocycles. The van der Waals surface area contributed by atoms with Gasteiger partial charge >= 0.3 is 28.3 Å². The van der Waals surface area contributed by atoms with Gasteiger partial charge < -0.3 is 5.11 Å². The highest BCUT2D eigenvalue weighted by molar-refractivity contribution is 7.44. The number of carbonyl (C=O) groups is 1. The standard InChI is InChI=1S/C9H8O4P2/c10-9(11)7-3-1-6(2-4-7)5-8(14-12)15-13/h1-4,8H,5H2,(H,10,11)/p+2. The van der Waals surface area contributed by atoms with Crippen LogP contribution in [0.15, 0.2) is 24.3 Å². The summed E-state index contributed by atoms with van der Waals surface area (Å²) in [5.74, 6) is -0.977. The second-order valence-corrected chi connectivity index (χ2v) is 5.44. The van der Waals surface area contributed by atoms with Crippen LogP contribution >= 0.6 is 16.9 Å². The van der Waals surface area contributed by atoms with E-state index in [2.05, 4.69) is 0 Å². The van der Waals surface area contributed by atoms with E-state index in [-0.39, 0.29) is 11.0 Å². The summed E-state index contributed by atoms with van der Waals surface area (Å²) >= 11 is 0. The monoisotopic (exact) mass is 244 g/mol. The molecule has 1 N–H and O–H groups in total. The molecule has 15 heavy (non-hydrogen) atoms. The molecule has 1 aromatic rings. The van der Waals surface area contributed by atoms with Gasteiger partial charge in [0.2, 0.25) is 0 Å². The van der Waals surface area contributed by atoms with E-state index in [1.165, 1.54) is 12.1 Å². The first-order valence-corrected chi connectivity index (χ1v) is 6.22. The molecule has 0 heterocycles. The van der Waals surface area contributed by atoms with Crippen LogP contribution in [0.2, 0.25) is 0 Å². The van der Waals surface area contributed by atoms with Gasteiger partial charge in [0.15, 0.2) is 0 Å². The average Bonchev–Trinajstić information content (AvgIpc) is 2.26. The minimum atomic E-state index is -0.977. The summed E-state index contributed by atoms with van der Waals surface area (Å²) in [6.45, 7) is 0. The number of benzene rings is 1.